The first kappa shape index (κ1) is 11.0. The molecule has 0 aromatic heterocycles. The molecule has 0 aromatic carbocycles. The number of morpholine rings is 1. The highest BCUT2D eigenvalue weighted by molar-refractivity contribution is 6.80. The Morgan fingerprint density at radius 1 is 1.23 bits per heavy atom. The van der Waals surface area contributed by atoms with Crippen molar-refractivity contribution in [3.63, 3.8) is 0 Å². The number of rotatable bonds is 3. The second-order valence-electron chi connectivity index (χ2n) is 4.68. The van der Waals surface area contributed by atoms with Gasteiger partial charge in [-0.1, -0.05) is 31.4 Å². The van der Waals surface area contributed by atoms with Crippen molar-refractivity contribution >= 4 is 8.07 Å². The zero-order valence-electron chi connectivity index (χ0n) is 9.05. The van der Waals surface area contributed by atoms with Crippen LogP contribution in [0.2, 0.25) is 19.6 Å². The summed E-state index contributed by atoms with van der Waals surface area (Å²) in [4.78, 5) is 2.44. The lowest BCUT2D eigenvalue weighted by Crippen LogP contribution is -2.36. The lowest BCUT2D eigenvalue weighted by Gasteiger charge is -2.25. The Morgan fingerprint density at radius 3 is 2.38 bits per heavy atom. The predicted octanol–water partition coefficient (Wildman–Crippen LogP) is 1.75. The third-order valence-electron chi connectivity index (χ3n) is 2.09. The van der Waals surface area contributed by atoms with Crippen molar-refractivity contribution in [1.82, 2.24) is 4.90 Å². The van der Waals surface area contributed by atoms with Crippen LogP contribution >= 0.6 is 0 Å². The second-order valence-corrected chi connectivity index (χ2v) is 9.75. The van der Waals surface area contributed by atoms with E-state index in [9.17, 15) is 0 Å². The molecule has 0 amide bonds. The predicted molar refractivity (Wildman–Crippen MR) is 59.7 cm³/mol. The minimum absolute atomic E-state index is 0.904. The summed E-state index contributed by atoms with van der Waals surface area (Å²) in [6, 6.07) is 0. The van der Waals surface area contributed by atoms with Crippen LogP contribution in [-0.4, -0.2) is 45.8 Å². The third kappa shape index (κ3) is 5.24. The SMILES string of the molecule is C[Si](C)(C)/C=C/CN1CCOCC1. The summed E-state index contributed by atoms with van der Waals surface area (Å²) in [5.41, 5.74) is 2.42. The Balaban J connectivity index is 2.21. The van der Waals surface area contributed by atoms with E-state index in [4.69, 9.17) is 4.74 Å². The minimum Gasteiger partial charge on any atom is -0.379 e. The molecule has 1 fully saturated rings. The van der Waals surface area contributed by atoms with Gasteiger partial charge in [0.15, 0.2) is 0 Å². The van der Waals surface area contributed by atoms with Gasteiger partial charge < -0.3 is 4.74 Å². The van der Waals surface area contributed by atoms with Gasteiger partial charge in [-0.3, -0.25) is 4.90 Å². The van der Waals surface area contributed by atoms with Gasteiger partial charge in [0, 0.05) is 19.6 Å². The van der Waals surface area contributed by atoms with Crippen LogP contribution in [-0.2, 0) is 4.74 Å². The molecule has 1 aliphatic heterocycles. The quantitative estimate of drug-likeness (QED) is 0.642. The van der Waals surface area contributed by atoms with Crippen molar-refractivity contribution in [2.75, 3.05) is 32.8 Å². The van der Waals surface area contributed by atoms with Crippen LogP contribution in [0.4, 0.5) is 0 Å². The topological polar surface area (TPSA) is 12.5 Å². The molecule has 13 heavy (non-hydrogen) atoms. The van der Waals surface area contributed by atoms with Crippen molar-refractivity contribution in [3.05, 3.63) is 11.8 Å². The molecule has 1 aliphatic rings. The van der Waals surface area contributed by atoms with Crippen LogP contribution in [0, 0.1) is 0 Å². The van der Waals surface area contributed by atoms with Gasteiger partial charge in [-0.2, -0.15) is 0 Å². The molecular weight excluding hydrogens is 178 g/mol. The monoisotopic (exact) mass is 199 g/mol. The molecule has 0 atom stereocenters. The van der Waals surface area contributed by atoms with Crippen LogP contribution < -0.4 is 0 Å². The molecule has 0 bridgehead atoms. The zero-order chi connectivity index (χ0) is 9.73. The van der Waals surface area contributed by atoms with Gasteiger partial charge in [0.2, 0.25) is 0 Å². The molecule has 0 aliphatic carbocycles. The largest absolute Gasteiger partial charge is 0.379 e. The maximum absolute atomic E-state index is 5.29. The molecule has 76 valence electrons. The maximum atomic E-state index is 5.29. The van der Waals surface area contributed by atoms with Crippen molar-refractivity contribution < 1.29 is 4.74 Å². The number of hydrogen-bond acceptors (Lipinski definition) is 2. The molecule has 1 heterocycles. The first-order chi connectivity index (χ1) is 6.08. The van der Waals surface area contributed by atoms with Crippen molar-refractivity contribution in [1.29, 1.82) is 0 Å². The fraction of sp³-hybridized carbons (Fsp3) is 0.800. The standard InChI is InChI=1S/C10H21NOSi/c1-13(2,3)10-4-5-11-6-8-12-9-7-11/h4,10H,5-9H2,1-3H3/b10-4+. The van der Waals surface area contributed by atoms with E-state index in [1.54, 1.807) is 0 Å². The lowest BCUT2D eigenvalue weighted by atomic mass is 10.4. The van der Waals surface area contributed by atoms with E-state index in [2.05, 4.69) is 36.3 Å². The second kappa shape index (κ2) is 4.93. The Labute approximate surface area is 82.6 Å². The van der Waals surface area contributed by atoms with Gasteiger partial charge >= 0.3 is 0 Å². The summed E-state index contributed by atoms with van der Waals surface area (Å²) in [5.74, 6) is 0. The third-order valence-corrected chi connectivity index (χ3v) is 3.32. The van der Waals surface area contributed by atoms with E-state index in [0.717, 1.165) is 32.8 Å². The van der Waals surface area contributed by atoms with E-state index in [0.29, 0.717) is 0 Å². The molecule has 0 radical (unpaired) electrons. The van der Waals surface area contributed by atoms with Crippen LogP contribution in [0.1, 0.15) is 0 Å². The zero-order valence-corrected chi connectivity index (χ0v) is 10.0. The summed E-state index contributed by atoms with van der Waals surface area (Å²) >= 11 is 0. The summed E-state index contributed by atoms with van der Waals surface area (Å²) in [7, 11) is -0.980. The molecule has 3 heteroatoms. The van der Waals surface area contributed by atoms with Gasteiger partial charge in [-0.15, -0.1) is 0 Å². The van der Waals surface area contributed by atoms with Crippen LogP contribution in [0.5, 0.6) is 0 Å². The molecular formula is C10H21NOSi. The van der Waals surface area contributed by atoms with Crippen LogP contribution in [0.15, 0.2) is 11.8 Å². The molecule has 0 saturated carbocycles. The molecule has 0 unspecified atom stereocenters. The molecule has 1 rings (SSSR count). The lowest BCUT2D eigenvalue weighted by molar-refractivity contribution is 0.0434. The summed E-state index contributed by atoms with van der Waals surface area (Å²) in [6.45, 7) is 12.2. The first-order valence-corrected chi connectivity index (χ1v) is 8.63. The van der Waals surface area contributed by atoms with Crippen molar-refractivity contribution in [2.45, 2.75) is 19.6 Å². The molecule has 0 N–H and O–H groups in total. The van der Waals surface area contributed by atoms with Crippen LogP contribution in [0.25, 0.3) is 0 Å². The Kier molecular flexibility index (Phi) is 4.16. The summed E-state index contributed by atoms with van der Waals surface area (Å²) in [6.07, 6.45) is 2.33. The Bertz CT molecular complexity index is 168. The Hall–Kier alpha value is -0.123. The maximum Gasteiger partial charge on any atom is 0.0683 e. The molecule has 0 aromatic rings. The summed E-state index contributed by atoms with van der Waals surface area (Å²) in [5, 5.41) is 0. The van der Waals surface area contributed by atoms with E-state index in [-0.39, 0.29) is 0 Å². The fourth-order valence-electron chi connectivity index (χ4n) is 1.34. The van der Waals surface area contributed by atoms with Gasteiger partial charge in [-0.05, 0) is 0 Å². The van der Waals surface area contributed by atoms with E-state index in [1.807, 2.05) is 0 Å². The smallest absolute Gasteiger partial charge is 0.0683 e. The Morgan fingerprint density at radius 2 is 1.85 bits per heavy atom. The molecule has 1 saturated heterocycles. The van der Waals surface area contributed by atoms with Crippen molar-refractivity contribution in [3.8, 4) is 0 Å². The fourth-order valence-corrected chi connectivity index (χ4v) is 2.15. The average molecular weight is 199 g/mol. The van der Waals surface area contributed by atoms with E-state index in [1.165, 1.54) is 0 Å². The number of nitrogens with zero attached hydrogens (tertiary/aromatic N) is 1. The number of hydrogen-bond donors (Lipinski definition) is 0. The van der Waals surface area contributed by atoms with Gasteiger partial charge in [0.25, 0.3) is 0 Å². The highest BCUT2D eigenvalue weighted by Crippen LogP contribution is 2.03. The summed E-state index contributed by atoms with van der Waals surface area (Å²) < 4.78 is 5.29. The van der Waals surface area contributed by atoms with E-state index >= 15 is 0 Å². The molecule has 2 nitrogen and oxygen atoms in total. The van der Waals surface area contributed by atoms with Crippen LogP contribution in [0.3, 0.4) is 0 Å². The van der Waals surface area contributed by atoms with Gasteiger partial charge in [-0.25, -0.2) is 0 Å². The van der Waals surface area contributed by atoms with Gasteiger partial charge in [0.1, 0.15) is 0 Å². The first-order valence-electron chi connectivity index (χ1n) is 5.06. The van der Waals surface area contributed by atoms with E-state index < -0.39 is 8.07 Å². The van der Waals surface area contributed by atoms with Gasteiger partial charge in [0.05, 0.1) is 21.3 Å². The average Bonchev–Trinajstić information content (AvgIpc) is 2.04. The normalized spacial score (nSPS) is 21.2. The highest BCUT2D eigenvalue weighted by atomic mass is 28.3. The number of ether oxygens (including phenoxy) is 1. The minimum atomic E-state index is -0.980. The molecule has 0 spiro atoms. The van der Waals surface area contributed by atoms with Crippen molar-refractivity contribution in [2.24, 2.45) is 0 Å². The highest BCUT2D eigenvalue weighted by Gasteiger charge is 2.09.